The zero-order valence-electron chi connectivity index (χ0n) is 13.8. The van der Waals surface area contributed by atoms with E-state index in [1.54, 1.807) is 7.11 Å². The summed E-state index contributed by atoms with van der Waals surface area (Å²) in [6.45, 7) is 7.90. The van der Waals surface area contributed by atoms with Crippen molar-refractivity contribution in [3.63, 3.8) is 0 Å². The summed E-state index contributed by atoms with van der Waals surface area (Å²) in [5, 5.41) is 4.78. The average Bonchev–Trinajstić information content (AvgIpc) is 2.76. The molecule has 0 saturated heterocycles. The van der Waals surface area contributed by atoms with Gasteiger partial charge < -0.3 is 0 Å². The van der Waals surface area contributed by atoms with Gasteiger partial charge in [0.25, 0.3) is 0 Å². The molecule has 2 rings (SSSR count). The molecule has 0 fully saturated rings. The summed E-state index contributed by atoms with van der Waals surface area (Å²) in [5.41, 5.74) is 4.19. The molecule has 1 aliphatic rings. The summed E-state index contributed by atoms with van der Waals surface area (Å²) in [4.78, 5) is 6.63. The van der Waals surface area contributed by atoms with Crippen molar-refractivity contribution in [1.29, 1.82) is 0 Å². The zero-order chi connectivity index (χ0) is 16.4. The van der Waals surface area contributed by atoms with Crippen LogP contribution in [0.15, 0.2) is 11.1 Å². The van der Waals surface area contributed by atoms with E-state index in [1.165, 1.54) is 5.57 Å². The van der Waals surface area contributed by atoms with Crippen LogP contribution < -0.4 is 0 Å². The van der Waals surface area contributed by atoms with E-state index in [4.69, 9.17) is 21.4 Å². The molecule has 0 N–H and O–H groups in total. The first-order valence-electron chi connectivity index (χ1n) is 7.40. The van der Waals surface area contributed by atoms with Crippen LogP contribution in [0, 0.1) is 12.8 Å². The van der Waals surface area contributed by atoms with E-state index in [1.807, 2.05) is 16.5 Å². The van der Waals surface area contributed by atoms with Crippen LogP contribution in [-0.2, 0) is 4.74 Å². The van der Waals surface area contributed by atoms with Crippen LogP contribution in [0.4, 0.5) is 0 Å². The first-order chi connectivity index (χ1) is 10.4. The van der Waals surface area contributed by atoms with Crippen LogP contribution in [0.1, 0.15) is 30.8 Å². The molecule has 118 valence electrons. The first kappa shape index (κ1) is 17.9. The Hall–Kier alpha value is -0.408. The van der Waals surface area contributed by atoms with Crippen molar-refractivity contribution in [3.8, 4) is 0 Å². The monoisotopic (exact) mass is 514 g/mol. The molecule has 0 spiro atoms. The van der Waals surface area contributed by atoms with Crippen LogP contribution >= 0.6 is 11.6 Å². The van der Waals surface area contributed by atoms with E-state index in [9.17, 15) is 0 Å². The number of hydrogen-bond donors (Lipinski definition) is 0. The van der Waals surface area contributed by atoms with Crippen molar-refractivity contribution >= 4 is 49.1 Å². The molecule has 1 aliphatic heterocycles. The summed E-state index contributed by atoms with van der Waals surface area (Å²) in [6, 6.07) is 0. The molecule has 1 aromatic rings. The number of ether oxygens (including phenoxy) is 1. The Morgan fingerprint density at radius 3 is 2.86 bits per heavy atom. The second-order valence-electron chi connectivity index (χ2n) is 5.57. The third-order valence-electron chi connectivity index (χ3n) is 3.96. The molecule has 0 aliphatic carbocycles. The molecular weight excluding hydrogens is 492 g/mol. The van der Waals surface area contributed by atoms with E-state index in [2.05, 4.69) is 29.8 Å². The minimum atomic E-state index is -0.102. The Bertz CT molecular complexity index is 611. The van der Waals surface area contributed by atoms with E-state index in [0.717, 1.165) is 23.5 Å². The number of likely N-dealkylation sites (N-methyl/N-ethyl adjacent to an activating group) is 1. The van der Waals surface area contributed by atoms with Gasteiger partial charge in [-0.15, -0.1) is 0 Å². The molecule has 2 atom stereocenters. The molecule has 22 heavy (non-hydrogen) atoms. The number of halogens is 1. The van der Waals surface area contributed by atoms with Crippen molar-refractivity contribution in [2.75, 3.05) is 27.2 Å². The fourth-order valence-electron chi connectivity index (χ4n) is 2.75. The van der Waals surface area contributed by atoms with E-state index < -0.39 is 0 Å². The Balaban J connectivity index is 2.59. The molecule has 0 radical (unpaired) electrons. The van der Waals surface area contributed by atoms with Gasteiger partial charge in [0.05, 0.1) is 0 Å². The van der Waals surface area contributed by atoms with Crippen molar-refractivity contribution < 1.29 is 4.74 Å². The molecule has 0 aromatic carbocycles. The average molecular weight is 514 g/mol. The summed E-state index contributed by atoms with van der Waals surface area (Å²) in [7, 11) is 3.71. The van der Waals surface area contributed by atoms with Crippen LogP contribution in [0.5, 0.6) is 0 Å². The number of nitrogens with zero attached hydrogens (tertiary/aromatic N) is 4. The summed E-state index contributed by atoms with van der Waals surface area (Å²) < 4.78 is 7.58. The molecular formula is C15H22ClN4OTl. The number of aliphatic imine (C=N–C) groups is 1. The molecule has 0 saturated carbocycles. The Labute approximate surface area is 153 Å². The summed E-state index contributed by atoms with van der Waals surface area (Å²) in [5.74, 6) is 1.04. The van der Waals surface area contributed by atoms with Gasteiger partial charge in [-0.3, -0.25) is 0 Å². The van der Waals surface area contributed by atoms with Gasteiger partial charge in [-0.25, -0.2) is 0 Å². The van der Waals surface area contributed by atoms with Gasteiger partial charge >= 0.3 is 154 Å². The van der Waals surface area contributed by atoms with E-state index >= 15 is 0 Å². The topological polar surface area (TPSA) is 42.6 Å². The predicted molar refractivity (Wildman–Crippen MR) is 91.6 cm³/mol. The van der Waals surface area contributed by atoms with Crippen LogP contribution in [0.2, 0.25) is 0 Å². The van der Waals surface area contributed by atoms with Crippen molar-refractivity contribution in [3.05, 3.63) is 23.0 Å². The van der Waals surface area contributed by atoms with Gasteiger partial charge in [-0.1, -0.05) is 0 Å². The fourth-order valence-corrected chi connectivity index (χ4v) is 3.92. The number of methoxy groups -OCH3 is 1. The first-order valence-corrected chi connectivity index (χ1v) is 9.84. The van der Waals surface area contributed by atoms with Crippen molar-refractivity contribution in [2.24, 2.45) is 10.9 Å². The van der Waals surface area contributed by atoms with Crippen molar-refractivity contribution in [2.45, 2.75) is 26.3 Å². The molecule has 5 nitrogen and oxygen atoms in total. The minimum absolute atomic E-state index is 0.102. The second-order valence-corrected chi connectivity index (χ2v) is 7.92. The fraction of sp³-hybridized carbons (Fsp3) is 0.600. The molecule has 0 bridgehead atoms. The second kappa shape index (κ2) is 7.44. The maximum absolute atomic E-state index is 6.41. The van der Waals surface area contributed by atoms with Gasteiger partial charge in [-0.2, -0.15) is 0 Å². The Morgan fingerprint density at radius 1 is 1.59 bits per heavy atom. The van der Waals surface area contributed by atoms with E-state index in [-0.39, 0.29) is 5.50 Å². The number of alkyl halides is 1. The number of aromatic nitrogens is 2. The van der Waals surface area contributed by atoms with Gasteiger partial charge in [0.15, 0.2) is 0 Å². The van der Waals surface area contributed by atoms with Crippen molar-refractivity contribution in [1.82, 2.24) is 12.5 Å². The standard InChI is InChI=1S/C15H22ClN4O.Tl/c1-6-17-15(21-5)13-10(3)18-19-14(13)11-7-12(16)20(4)8-9(11)2;/h7,9,12H,6,8H2,1-5H3;/q-1;+1. The Morgan fingerprint density at radius 2 is 2.27 bits per heavy atom. The summed E-state index contributed by atoms with van der Waals surface area (Å²) in [6.07, 6.45) is 2.10. The van der Waals surface area contributed by atoms with Gasteiger partial charge in [0.2, 0.25) is 0 Å². The van der Waals surface area contributed by atoms with E-state index in [0.29, 0.717) is 44.4 Å². The maximum atomic E-state index is 6.41. The van der Waals surface area contributed by atoms with Gasteiger partial charge in [0.1, 0.15) is 0 Å². The molecule has 2 unspecified atom stereocenters. The molecule has 0 amide bonds. The van der Waals surface area contributed by atoms with Gasteiger partial charge in [0, 0.05) is 0 Å². The van der Waals surface area contributed by atoms with Crippen LogP contribution in [0.3, 0.4) is 0 Å². The third-order valence-corrected chi connectivity index (χ3v) is 6.38. The third kappa shape index (κ3) is 3.41. The predicted octanol–water partition coefficient (Wildman–Crippen LogP) is 2.07. The SMILES string of the molecule is CCN=C(OC)c1c(C2=CC(Cl)N(C)CC2C)n[n]([Tl])c1C. The number of hydrogen-bond acceptors (Lipinski definition) is 4. The zero-order valence-corrected chi connectivity index (χ0v) is 19.0. The quantitative estimate of drug-likeness (QED) is 0.204. The van der Waals surface area contributed by atoms with Gasteiger partial charge in [-0.05, 0) is 0 Å². The molecule has 7 heteroatoms. The summed E-state index contributed by atoms with van der Waals surface area (Å²) >= 11 is 7.02. The molecule has 2 heterocycles. The molecule has 1 aromatic heterocycles. The Kier molecular flexibility index (Phi) is 6.07. The normalized spacial score (nSPS) is 23.5. The van der Waals surface area contributed by atoms with Crippen LogP contribution in [-0.4, -0.2) is 77.2 Å². The number of rotatable bonds is 3. The van der Waals surface area contributed by atoms with Crippen LogP contribution in [0.25, 0.3) is 5.57 Å².